The van der Waals surface area contributed by atoms with Crippen LogP contribution in [-0.2, 0) is 0 Å². The van der Waals surface area contributed by atoms with E-state index in [1.165, 1.54) is 7.11 Å². The number of ether oxygens (including phenoxy) is 1. The van der Waals surface area contributed by atoms with Gasteiger partial charge in [0.25, 0.3) is 11.8 Å². The summed E-state index contributed by atoms with van der Waals surface area (Å²) in [5.74, 6) is 1.16. The van der Waals surface area contributed by atoms with Crippen LogP contribution in [0.4, 0.5) is 11.4 Å². The number of hydrogen-bond acceptors (Lipinski definition) is 7. The van der Waals surface area contributed by atoms with Gasteiger partial charge in [-0.1, -0.05) is 6.07 Å². The first-order valence-corrected chi connectivity index (χ1v) is 11.7. The third-order valence-electron chi connectivity index (χ3n) is 5.89. The topological polar surface area (TPSA) is 116 Å². The summed E-state index contributed by atoms with van der Waals surface area (Å²) in [7, 11) is 1.44. The number of para-hydroxylation sites is 1. The highest BCUT2D eigenvalue weighted by Gasteiger charge is 2.21. The van der Waals surface area contributed by atoms with Gasteiger partial charge < -0.3 is 26.0 Å². The second-order valence-electron chi connectivity index (χ2n) is 8.26. The van der Waals surface area contributed by atoms with Crippen molar-refractivity contribution in [3.63, 3.8) is 0 Å². The van der Waals surface area contributed by atoms with Crippen molar-refractivity contribution >= 4 is 34.9 Å². The third kappa shape index (κ3) is 4.90. The van der Waals surface area contributed by atoms with Crippen molar-refractivity contribution in [2.75, 3.05) is 43.9 Å². The van der Waals surface area contributed by atoms with Crippen LogP contribution in [0.1, 0.15) is 31.8 Å². The van der Waals surface area contributed by atoms with Crippen LogP contribution < -0.4 is 26.0 Å². The highest BCUT2D eigenvalue weighted by molar-refractivity contribution is 6.12. The molecule has 0 aliphatic carbocycles. The van der Waals surface area contributed by atoms with Crippen LogP contribution in [-0.4, -0.2) is 56.8 Å². The number of carbonyl (C=O) groups excluding carboxylic acids is 2. The van der Waals surface area contributed by atoms with E-state index in [4.69, 9.17) is 4.74 Å². The number of anilines is 2. The highest BCUT2D eigenvalue weighted by Crippen LogP contribution is 2.26. The zero-order chi connectivity index (χ0) is 24.9. The largest absolute Gasteiger partial charge is 0.495 e. The van der Waals surface area contributed by atoms with Gasteiger partial charge in [0, 0.05) is 35.6 Å². The van der Waals surface area contributed by atoms with Gasteiger partial charge in [-0.3, -0.25) is 19.6 Å². The summed E-state index contributed by atoms with van der Waals surface area (Å²) in [4.78, 5) is 34.9. The van der Waals surface area contributed by atoms with Crippen LogP contribution in [0.3, 0.4) is 0 Å². The van der Waals surface area contributed by atoms with E-state index in [0.29, 0.717) is 11.4 Å². The van der Waals surface area contributed by atoms with Crippen molar-refractivity contribution < 1.29 is 14.3 Å². The number of amides is 2. The number of hydrogen-bond donors (Lipinski definition) is 4. The molecule has 3 aromatic carbocycles. The Labute approximate surface area is 208 Å². The van der Waals surface area contributed by atoms with Gasteiger partial charge in [0.05, 0.1) is 31.3 Å². The maximum atomic E-state index is 13.1. The predicted octanol–water partition coefficient (Wildman–Crippen LogP) is 2.90. The van der Waals surface area contributed by atoms with Gasteiger partial charge in [0.15, 0.2) is 0 Å². The Bertz CT molecular complexity index is 1250. The first kappa shape index (κ1) is 23.1. The van der Waals surface area contributed by atoms with E-state index in [9.17, 15) is 9.59 Å². The van der Waals surface area contributed by atoms with E-state index in [1.54, 1.807) is 18.2 Å². The Morgan fingerprint density at radius 1 is 0.722 bits per heavy atom. The molecule has 36 heavy (non-hydrogen) atoms. The SMILES string of the molecule is COc1c(C(=O)Nc2ccc(C3=NCCN3)cc2)cccc1C(=O)Nc1ccc(C2=NCCN2)cc1. The van der Waals surface area contributed by atoms with Crippen molar-refractivity contribution in [2.45, 2.75) is 0 Å². The Kier molecular flexibility index (Phi) is 6.61. The summed E-state index contributed by atoms with van der Waals surface area (Å²) in [6.45, 7) is 3.18. The number of aliphatic imine (C=N–C) groups is 2. The fourth-order valence-electron chi connectivity index (χ4n) is 4.12. The number of amidine groups is 2. The molecule has 0 unspecified atom stereocenters. The number of rotatable bonds is 7. The lowest BCUT2D eigenvalue weighted by molar-refractivity contribution is 0.102. The lowest BCUT2D eigenvalue weighted by atomic mass is 10.1. The van der Waals surface area contributed by atoms with Crippen LogP contribution >= 0.6 is 0 Å². The molecule has 0 atom stereocenters. The molecule has 182 valence electrons. The molecule has 4 N–H and O–H groups in total. The molecule has 9 nitrogen and oxygen atoms in total. The molecule has 3 aromatic rings. The van der Waals surface area contributed by atoms with E-state index in [2.05, 4.69) is 31.3 Å². The fraction of sp³-hybridized carbons (Fsp3) is 0.185. The molecule has 0 aromatic heterocycles. The van der Waals surface area contributed by atoms with Crippen LogP contribution in [0.15, 0.2) is 76.7 Å². The molecule has 2 aliphatic rings. The number of nitrogens with one attached hydrogen (secondary N) is 4. The minimum absolute atomic E-state index is 0.203. The monoisotopic (exact) mass is 482 g/mol. The number of benzene rings is 3. The zero-order valence-electron chi connectivity index (χ0n) is 19.8. The molecule has 0 saturated carbocycles. The Balaban J connectivity index is 1.30. The minimum Gasteiger partial charge on any atom is -0.495 e. The van der Waals surface area contributed by atoms with E-state index in [1.807, 2.05) is 48.5 Å². The van der Waals surface area contributed by atoms with Gasteiger partial charge in [-0.2, -0.15) is 0 Å². The van der Waals surface area contributed by atoms with Gasteiger partial charge in [0.1, 0.15) is 17.4 Å². The summed E-state index contributed by atoms with van der Waals surface area (Å²) in [6, 6.07) is 19.8. The molecule has 0 fully saturated rings. The maximum Gasteiger partial charge on any atom is 0.259 e. The smallest absolute Gasteiger partial charge is 0.259 e. The maximum absolute atomic E-state index is 13.1. The third-order valence-corrected chi connectivity index (χ3v) is 5.89. The van der Waals surface area contributed by atoms with Crippen molar-refractivity contribution in [1.29, 1.82) is 0 Å². The molecule has 2 heterocycles. The standard InChI is InChI=1S/C27H26N6O3/c1-36-23-21(26(34)32-19-9-5-17(6-10-19)24-28-13-14-29-24)3-2-4-22(23)27(35)33-20-11-7-18(8-12-20)25-30-15-16-31-25/h2-12H,13-16H2,1H3,(H,28,29)(H,30,31)(H,32,34)(H,33,35). The Morgan fingerprint density at radius 2 is 1.17 bits per heavy atom. The van der Waals surface area contributed by atoms with Crippen molar-refractivity contribution in [3.05, 3.63) is 89.0 Å². The van der Waals surface area contributed by atoms with Crippen LogP contribution in [0.25, 0.3) is 0 Å². The van der Waals surface area contributed by atoms with E-state index in [0.717, 1.165) is 49.0 Å². The van der Waals surface area contributed by atoms with Gasteiger partial charge in [-0.25, -0.2) is 0 Å². The molecule has 0 saturated heterocycles. The molecule has 9 heteroatoms. The van der Waals surface area contributed by atoms with Gasteiger partial charge in [0.2, 0.25) is 0 Å². The quantitative estimate of drug-likeness (QED) is 0.413. The van der Waals surface area contributed by atoms with Crippen molar-refractivity contribution in [2.24, 2.45) is 9.98 Å². The summed E-state index contributed by atoms with van der Waals surface area (Å²) in [5, 5.41) is 12.2. The van der Waals surface area contributed by atoms with Gasteiger partial charge in [-0.15, -0.1) is 0 Å². The van der Waals surface area contributed by atoms with E-state index in [-0.39, 0.29) is 28.7 Å². The first-order chi connectivity index (χ1) is 17.6. The summed E-state index contributed by atoms with van der Waals surface area (Å²) < 4.78 is 5.50. The number of methoxy groups -OCH3 is 1. The van der Waals surface area contributed by atoms with E-state index >= 15 is 0 Å². The molecule has 0 radical (unpaired) electrons. The number of carbonyl (C=O) groups is 2. The summed E-state index contributed by atoms with van der Waals surface area (Å²) in [6.07, 6.45) is 0. The lowest BCUT2D eigenvalue weighted by Gasteiger charge is -2.14. The zero-order valence-corrected chi connectivity index (χ0v) is 19.8. The minimum atomic E-state index is -0.375. The summed E-state index contributed by atoms with van der Waals surface area (Å²) >= 11 is 0. The Morgan fingerprint density at radius 3 is 1.53 bits per heavy atom. The highest BCUT2D eigenvalue weighted by atomic mass is 16.5. The first-order valence-electron chi connectivity index (χ1n) is 11.7. The Hall–Kier alpha value is -4.66. The molecule has 0 spiro atoms. The molecular formula is C27H26N6O3. The molecule has 0 bridgehead atoms. The molecule has 5 rings (SSSR count). The van der Waals surface area contributed by atoms with Crippen molar-refractivity contribution in [3.8, 4) is 5.75 Å². The second-order valence-corrected chi connectivity index (χ2v) is 8.26. The average Bonchev–Trinajstić information content (AvgIpc) is 3.64. The number of nitrogens with zero attached hydrogens (tertiary/aromatic N) is 2. The van der Waals surface area contributed by atoms with Crippen LogP contribution in [0.2, 0.25) is 0 Å². The summed E-state index contributed by atoms with van der Waals surface area (Å²) in [5.41, 5.74) is 3.69. The van der Waals surface area contributed by atoms with Crippen molar-refractivity contribution in [1.82, 2.24) is 10.6 Å². The lowest BCUT2D eigenvalue weighted by Crippen LogP contribution is -2.20. The average molecular weight is 483 g/mol. The second kappa shape index (κ2) is 10.3. The van der Waals surface area contributed by atoms with Gasteiger partial charge in [-0.05, 0) is 60.7 Å². The fourth-order valence-corrected chi connectivity index (χ4v) is 4.12. The molecule has 2 amide bonds. The normalized spacial score (nSPS) is 14.2. The van der Waals surface area contributed by atoms with E-state index < -0.39 is 0 Å². The van der Waals surface area contributed by atoms with Crippen LogP contribution in [0, 0.1) is 0 Å². The molecule has 2 aliphatic heterocycles. The molecular weight excluding hydrogens is 456 g/mol. The predicted molar refractivity (Wildman–Crippen MR) is 141 cm³/mol. The van der Waals surface area contributed by atoms with Crippen LogP contribution in [0.5, 0.6) is 5.75 Å². The van der Waals surface area contributed by atoms with Gasteiger partial charge >= 0.3 is 0 Å².